The maximum Gasteiger partial charge on any atom is 0.260 e. The lowest BCUT2D eigenvalue weighted by molar-refractivity contribution is 0.102. The second-order valence-electron chi connectivity index (χ2n) is 4.73. The van der Waals surface area contributed by atoms with Crippen LogP contribution in [0.2, 0.25) is 0 Å². The van der Waals surface area contributed by atoms with Crippen molar-refractivity contribution in [1.29, 1.82) is 0 Å². The van der Waals surface area contributed by atoms with E-state index >= 15 is 0 Å². The third kappa shape index (κ3) is 2.89. The number of aromatic nitrogens is 1. The zero-order valence-electron chi connectivity index (χ0n) is 11.8. The summed E-state index contributed by atoms with van der Waals surface area (Å²) in [7, 11) is 0. The summed E-state index contributed by atoms with van der Waals surface area (Å²) >= 11 is 1.38. The molecule has 0 atom stereocenters. The highest BCUT2D eigenvalue weighted by Gasteiger charge is 2.15. The molecule has 3 aromatic rings. The van der Waals surface area contributed by atoms with Crippen molar-refractivity contribution in [3.05, 3.63) is 71.7 Å². The van der Waals surface area contributed by atoms with Crippen LogP contribution in [0.3, 0.4) is 0 Å². The molecule has 0 radical (unpaired) electrons. The number of carbonyl (C=O) groups is 1. The number of benzene rings is 2. The summed E-state index contributed by atoms with van der Waals surface area (Å²) < 4.78 is 13.6. The predicted octanol–water partition coefficient (Wildman–Crippen LogP) is 4.51. The van der Waals surface area contributed by atoms with Gasteiger partial charge < -0.3 is 0 Å². The summed E-state index contributed by atoms with van der Waals surface area (Å²) in [5.74, 6) is -1.04. The molecule has 0 aliphatic carbocycles. The molecule has 0 spiro atoms. The van der Waals surface area contributed by atoms with Crippen LogP contribution in [0.25, 0.3) is 10.4 Å². The average Bonchev–Trinajstić information content (AvgIpc) is 2.89. The van der Waals surface area contributed by atoms with Crippen LogP contribution in [0.4, 0.5) is 9.52 Å². The number of rotatable bonds is 3. The molecule has 110 valence electrons. The minimum atomic E-state index is -0.545. The van der Waals surface area contributed by atoms with Crippen molar-refractivity contribution in [2.45, 2.75) is 6.92 Å². The summed E-state index contributed by atoms with van der Waals surface area (Å²) in [6, 6.07) is 15.7. The van der Waals surface area contributed by atoms with Gasteiger partial charge in [0.1, 0.15) is 5.82 Å². The van der Waals surface area contributed by atoms with Gasteiger partial charge in [-0.05, 0) is 24.6 Å². The lowest BCUT2D eigenvalue weighted by atomic mass is 10.2. The summed E-state index contributed by atoms with van der Waals surface area (Å²) in [6.45, 7) is 1.89. The molecule has 0 aliphatic heterocycles. The largest absolute Gasteiger partial charge is 0.298 e. The van der Waals surface area contributed by atoms with E-state index < -0.39 is 11.7 Å². The maximum atomic E-state index is 13.6. The van der Waals surface area contributed by atoms with E-state index in [2.05, 4.69) is 10.3 Å². The Labute approximate surface area is 131 Å². The highest BCUT2D eigenvalue weighted by molar-refractivity contribution is 7.19. The zero-order chi connectivity index (χ0) is 15.5. The van der Waals surface area contributed by atoms with Gasteiger partial charge in [0.2, 0.25) is 0 Å². The Kier molecular flexibility index (Phi) is 3.98. The first-order chi connectivity index (χ1) is 10.6. The van der Waals surface area contributed by atoms with Gasteiger partial charge >= 0.3 is 0 Å². The zero-order valence-corrected chi connectivity index (χ0v) is 12.7. The Morgan fingerprint density at radius 3 is 2.50 bits per heavy atom. The van der Waals surface area contributed by atoms with Crippen LogP contribution in [-0.2, 0) is 0 Å². The van der Waals surface area contributed by atoms with E-state index in [1.54, 1.807) is 12.1 Å². The number of aryl methyl sites for hydroxylation is 1. The van der Waals surface area contributed by atoms with Gasteiger partial charge in [-0.1, -0.05) is 53.8 Å². The van der Waals surface area contributed by atoms with Gasteiger partial charge in [-0.2, -0.15) is 0 Å². The summed E-state index contributed by atoms with van der Waals surface area (Å²) in [6.07, 6.45) is 0. The SMILES string of the molecule is Cc1nc(NC(=O)c2ccccc2F)sc1-c1ccccc1. The minimum Gasteiger partial charge on any atom is -0.298 e. The third-order valence-corrected chi connectivity index (χ3v) is 4.29. The second-order valence-corrected chi connectivity index (χ2v) is 5.73. The van der Waals surface area contributed by atoms with E-state index in [-0.39, 0.29) is 5.56 Å². The molecule has 1 amide bonds. The molecule has 0 bridgehead atoms. The highest BCUT2D eigenvalue weighted by Crippen LogP contribution is 2.32. The Bertz CT molecular complexity index is 815. The number of amides is 1. The topological polar surface area (TPSA) is 42.0 Å². The standard InChI is InChI=1S/C17H13FN2OS/c1-11-15(12-7-3-2-4-8-12)22-17(19-11)20-16(21)13-9-5-6-10-14(13)18/h2-10H,1H3,(H,19,20,21). The van der Waals surface area contributed by atoms with Gasteiger partial charge in [-0.3, -0.25) is 10.1 Å². The Hall–Kier alpha value is -2.53. The Morgan fingerprint density at radius 1 is 1.09 bits per heavy atom. The smallest absolute Gasteiger partial charge is 0.260 e. The Morgan fingerprint density at radius 2 is 1.77 bits per heavy atom. The molecule has 5 heteroatoms. The van der Waals surface area contributed by atoms with Crippen LogP contribution in [0.15, 0.2) is 54.6 Å². The molecule has 1 heterocycles. The fourth-order valence-corrected chi connectivity index (χ4v) is 3.08. The number of anilines is 1. The molecule has 0 unspecified atom stereocenters. The van der Waals surface area contributed by atoms with Gasteiger partial charge in [0.25, 0.3) is 5.91 Å². The molecule has 0 fully saturated rings. The monoisotopic (exact) mass is 312 g/mol. The van der Waals surface area contributed by atoms with E-state index in [4.69, 9.17) is 0 Å². The quantitative estimate of drug-likeness (QED) is 0.773. The minimum absolute atomic E-state index is 0.0108. The van der Waals surface area contributed by atoms with Crippen LogP contribution in [0.5, 0.6) is 0 Å². The van der Waals surface area contributed by atoms with Gasteiger partial charge in [0.15, 0.2) is 5.13 Å². The molecular weight excluding hydrogens is 299 g/mol. The molecule has 2 aromatic carbocycles. The third-order valence-electron chi connectivity index (χ3n) is 3.17. The lowest BCUT2D eigenvalue weighted by Crippen LogP contribution is -2.13. The molecule has 3 nitrogen and oxygen atoms in total. The van der Waals surface area contributed by atoms with Crippen molar-refractivity contribution in [2.75, 3.05) is 5.32 Å². The van der Waals surface area contributed by atoms with Gasteiger partial charge in [0.05, 0.1) is 16.1 Å². The van der Waals surface area contributed by atoms with Crippen molar-refractivity contribution in [3.8, 4) is 10.4 Å². The van der Waals surface area contributed by atoms with E-state index in [9.17, 15) is 9.18 Å². The summed E-state index contributed by atoms with van der Waals surface area (Å²) in [5.41, 5.74) is 1.89. The van der Waals surface area contributed by atoms with E-state index in [0.29, 0.717) is 5.13 Å². The molecule has 1 N–H and O–H groups in total. The first-order valence-corrected chi connectivity index (χ1v) is 7.55. The van der Waals surface area contributed by atoms with Crippen molar-refractivity contribution < 1.29 is 9.18 Å². The summed E-state index contributed by atoms with van der Waals surface area (Å²) in [4.78, 5) is 17.4. The van der Waals surface area contributed by atoms with Crippen LogP contribution in [-0.4, -0.2) is 10.9 Å². The van der Waals surface area contributed by atoms with E-state index in [1.807, 2.05) is 37.3 Å². The molecule has 3 rings (SSSR count). The summed E-state index contributed by atoms with van der Waals surface area (Å²) in [5, 5.41) is 3.12. The first-order valence-electron chi connectivity index (χ1n) is 6.74. The van der Waals surface area contributed by atoms with Crippen molar-refractivity contribution in [1.82, 2.24) is 4.98 Å². The molecule has 0 saturated carbocycles. The van der Waals surface area contributed by atoms with Crippen LogP contribution in [0.1, 0.15) is 16.1 Å². The average molecular weight is 312 g/mol. The molecule has 0 saturated heterocycles. The molecular formula is C17H13FN2OS. The lowest BCUT2D eigenvalue weighted by Gasteiger charge is -2.02. The van der Waals surface area contributed by atoms with Crippen molar-refractivity contribution >= 4 is 22.4 Å². The van der Waals surface area contributed by atoms with E-state index in [1.165, 1.54) is 23.5 Å². The molecule has 1 aromatic heterocycles. The molecule has 0 aliphatic rings. The number of hydrogen-bond acceptors (Lipinski definition) is 3. The van der Waals surface area contributed by atoms with E-state index in [0.717, 1.165) is 16.1 Å². The van der Waals surface area contributed by atoms with Crippen LogP contribution < -0.4 is 5.32 Å². The maximum absolute atomic E-state index is 13.6. The number of halogens is 1. The van der Waals surface area contributed by atoms with Crippen molar-refractivity contribution in [3.63, 3.8) is 0 Å². The van der Waals surface area contributed by atoms with Crippen molar-refractivity contribution in [2.24, 2.45) is 0 Å². The van der Waals surface area contributed by atoms with Gasteiger partial charge in [-0.25, -0.2) is 9.37 Å². The van der Waals surface area contributed by atoms with Gasteiger partial charge in [0, 0.05) is 0 Å². The number of nitrogens with zero attached hydrogens (tertiary/aromatic N) is 1. The fourth-order valence-electron chi connectivity index (χ4n) is 2.12. The number of carbonyl (C=O) groups excluding carboxylic acids is 1. The van der Waals surface area contributed by atoms with Gasteiger partial charge in [-0.15, -0.1) is 0 Å². The fraction of sp³-hybridized carbons (Fsp3) is 0.0588. The second kappa shape index (κ2) is 6.07. The van der Waals surface area contributed by atoms with Crippen LogP contribution >= 0.6 is 11.3 Å². The van der Waals surface area contributed by atoms with Crippen LogP contribution in [0, 0.1) is 12.7 Å². The predicted molar refractivity (Wildman–Crippen MR) is 86.6 cm³/mol. The highest BCUT2D eigenvalue weighted by atomic mass is 32.1. The Balaban J connectivity index is 1.86. The first kappa shape index (κ1) is 14.4. The number of hydrogen-bond donors (Lipinski definition) is 1. The number of nitrogens with one attached hydrogen (secondary N) is 1. The molecule has 22 heavy (non-hydrogen) atoms. The normalized spacial score (nSPS) is 10.5. The number of thiazole rings is 1.